The zero-order valence-corrected chi connectivity index (χ0v) is 12.7. The summed E-state index contributed by atoms with van der Waals surface area (Å²) in [4.78, 5) is 4.19. The quantitative estimate of drug-likeness (QED) is 0.855. The van der Waals surface area contributed by atoms with Gasteiger partial charge in [0.05, 0.1) is 6.04 Å². The summed E-state index contributed by atoms with van der Waals surface area (Å²) in [5, 5.41) is 3.58. The third-order valence-electron chi connectivity index (χ3n) is 3.63. The third-order valence-corrected chi connectivity index (χ3v) is 3.63. The highest BCUT2D eigenvalue weighted by molar-refractivity contribution is 5.36. The lowest BCUT2D eigenvalue weighted by Crippen LogP contribution is -2.22. The van der Waals surface area contributed by atoms with Gasteiger partial charge in [0.2, 0.25) is 0 Å². The first kappa shape index (κ1) is 14.7. The summed E-state index contributed by atoms with van der Waals surface area (Å²) in [6.45, 7) is 7.44. The van der Waals surface area contributed by atoms with E-state index >= 15 is 0 Å². The Hall–Kier alpha value is -1.67. The Kier molecular flexibility index (Phi) is 5.31. The molecule has 0 aliphatic carbocycles. The highest BCUT2D eigenvalue weighted by Gasteiger charge is 2.14. The van der Waals surface area contributed by atoms with Crippen molar-refractivity contribution < 1.29 is 0 Å². The summed E-state index contributed by atoms with van der Waals surface area (Å²) < 4.78 is 0. The van der Waals surface area contributed by atoms with Gasteiger partial charge in [0.15, 0.2) is 0 Å². The zero-order valence-electron chi connectivity index (χ0n) is 12.7. The topological polar surface area (TPSA) is 24.9 Å². The van der Waals surface area contributed by atoms with Gasteiger partial charge in [0, 0.05) is 12.4 Å². The second-order valence-electron chi connectivity index (χ2n) is 5.21. The van der Waals surface area contributed by atoms with Crippen molar-refractivity contribution in [1.82, 2.24) is 10.3 Å². The molecule has 1 atom stereocenters. The Balaban J connectivity index is 2.31. The summed E-state index contributed by atoms with van der Waals surface area (Å²) in [6.07, 6.45) is 6.16. The summed E-state index contributed by atoms with van der Waals surface area (Å²) in [6, 6.07) is 11.4. The Labute approximate surface area is 122 Å². The van der Waals surface area contributed by atoms with E-state index in [2.05, 4.69) is 61.4 Å². The molecule has 1 N–H and O–H groups in total. The van der Waals surface area contributed by atoms with Crippen LogP contribution in [0.1, 0.15) is 48.6 Å². The molecule has 106 valence electrons. The number of nitrogens with zero attached hydrogens (tertiary/aromatic N) is 1. The van der Waals surface area contributed by atoms with Crippen molar-refractivity contribution in [3.05, 3.63) is 65.0 Å². The second kappa shape index (κ2) is 7.20. The number of hydrogen-bond acceptors (Lipinski definition) is 2. The summed E-state index contributed by atoms with van der Waals surface area (Å²) in [5.74, 6) is 0. The number of benzene rings is 1. The van der Waals surface area contributed by atoms with Crippen molar-refractivity contribution in [2.45, 2.75) is 39.7 Å². The van der Waals surface area contributed by atoms with Gasteiger partial charge in [-0.2, -0.15) is 0 Å². The molecule has 2 aromatic rings. The molecule has 0 amide bonds. The van der Waals surface area contributed by atoms with Gasteiger partial charge < -0.3 is 5.32 Å². The van der Waals surface area contributed by atoms with Crippen molar-refractivity contribution in [3.63, 3.8) is 0 Å². The molecule has 1 aromatic carbocycles. The lowest BCUT2D eigenvalue weighted by molar-refractivity contribution is 0.626. The van der Waals surface area contributed by atoms with Crippen molar-refractivity contribution in [2.75, 3.05) is 6.54 Å². The van der Waals surface area contributed by atoms with Crippen molar-refractivity contribution >= 4 is 0 Å². The molecular weight excluding hydrogens is 244 g/mol. The average molecular weight is 268 g/mol. The normalized spacial score (nSPS) is 12.3. The maximum Gasteiger partial charge on any atom is 0.0580 e. The van der Waals surface area contributed by atoms with E-state index in [0.29, 0.717) is 0 Å². The lowest BCUT2D eigenvalue weighted by atomic mass is 9.95. The molecule has 0 radical (unpaired) electrons. The maximum absolute atomic E-state index is 4.19. The number of pyridine rings is 1. The van der Waals surface area contributed by atoms with E-state index in [9.17, 15) is 0 Å². The van der Waals surface area contributed by atoms with Gasteiger partial charge in [-0.15, -0.1) is 0 Å². The van der Waals surface area contributed by atoms with Crippen LogP contribution in [-0.4, -0.2) is 11.5 Å². The van der Waals surface area contributed by atoms with E-state index in [1.807, 2.05) is 12.4 Å². The van der Waals surface area contributed by atoms with Crippen LogP contribution in [0.2, 0.25) is 0 Å². The number of aromatic nitrogens is 1. The Bertz CT molecular complexity index is 531. The lowest BCUT2D eigenvalue weighted by Gasteiger charge is -2.21. The minimum atomic E-state index is 0.249. The number of hydrogen-bond donors (Lipinski definition) is 1. The molecule has 0 saturated carbocycles. The zero-order chi connectivity index (χ0) is 14.4. The van der Waals surface area contributed by atoms with Gasteiger partial charge in [0.1, 0.15) is 0 Å². The van der Waals surface area contributed by atoms with Gasteiger partial charge in [-0.05, 0) is 48.2 Å². The molecule has 1 aromatic heterocycles. The first-order valence-corrected chi connectivity index (χ1v) is 7.49. The molecule has 0 fully saturated rings. The number of aryl methyl sites for hydroxylation is 2. The van der Waals surface area contributed by atoms with Crippen LogP contribution in [0.4, 0.5) is 0 Å². The molecule has 2 heteroatoms. The molecule has 0 aliphatic heterocycles. The van der Waals surface area contributed by atoms with Crippen LogP contribution in [-0.2, 0) is 6.42 Å². The standard InChI is InChI=1S/C18H24N2/c1-4-6-15-7-9-16(10-8-15)18(20-5-2)17-11-12-19-13-14(17)3/h7-13,18,20H,4-6H2,1-3H3. The molecule has 0 bridgehead atoms. The fourth-order valence-corrected chi connectivity index (χ4v) is 2.58. The second-order valence-corrected chi connectivity index (χ2v) is 5.21. The van der Waals surface area contributed by atoms with E-state index in [-0.39, 0.29) is 6.04 Å². The molecule has 0 saturated heterocycles. The first-order chi connectivity index (χ1) is 9.76. The predicted molar refractivity (Wildman–Crippen MR) is 84.9 cm³/mol. The third kappa shape index (κ3) is 3.45. The fourth-order valence-electron chi connectivity index (χ4n) is 2.58. The van der Waals surface area contributed by atoms with Crippen LogP contribution in [0, 0.1) is 6.92 Å². The van der Waals surface area contributed by atoms with E-state index < -0.39 is 0 Å². The first-order valence-electron chi connectivity index (χ1n) is 7.49. The number of rotatable bonds is 6. The van der Waals surface area contributed by atoms with Crippen LogP contribution >= 0.6 is 0 Å². The molecule has 20 heavy (non-hydrogen) atoms. The number of nitrogens with one attached hydrogen (secondary N) is 1. The highest BCUT2D eigenvalue weighted by Crippen LogP contribution is 2.24. The Morgan fingerprint density at radius 2 is 1.85 bits per heavy atom. The monoisotopic (exact) mass is 268 g/mol. The molecular formula is C18H24N2. The van der Waals surface area contributed by atoms with E-state index in [0.717, 1.165) is 13.0 Å². The molecule has 1 heterocycles. The van der Waals surface area contributed by atoms with E-state index in [1.54, 1.807) is 0 Å². The highest BCUT2D eigenvalue weighted by atomic mass is 14.9. The van der Waals surface area contributed by atoms with Crippen molar-refractivity contribution in [3.8, 4) is 0 Å². The Morgan fingerprint density at radius 3 is 2.45 bits per heavy atom. The molecule has 2 nitrogen and oxygen atoms in total. The SMILES string of the molecule is CCCc1ccc(C(NCC)c2ccncc2C)cc1. The van der Waals surface area contributed by atoms with Crippen LogP contribution in [0.5, 0.6) is 0 Å². The fraction of sp³-hybridized carbons (Fsp3) is 0.389. The van der Waals surface area contributed by atoms with Gasteiger partial charge >= 0.3 is 0 Å². The smallest absolute Gasteiger partial charge is 0.0580 e. The van der Waals surface area contributed by atoms with Gasteiger partial charge in [-0.3, -0.25) is 4.98 Å². The Morgan fingerprint density at radius 1 is 1.10 bits per heavy atom. The molecule has 0 spiro atoms. The summed E-state index contributed by atoms with van der Waals surface area (Å²) in [5.41, 5.74) is 5.28. The van der Waals surface area contributed by atoms with Crippen molar-refractivity contribution in [2.24, 2.45) is 0 Å². The van der Waals surface area contributed by atoms with Crippen LogP contribution in [0.3, 0.4) is 0 Å². The van der Waals surface area contributed by atoms with E-state index in [1.165, 1.54) is 28.7 Å². The molecule has 0 aliphatic rings. The largest absolute Gasteiger partial charge is 0.307 e. The molecule has 2 rings (SSSR count). The van der Waals surface area contributed by atoms with E-state index in [4.69, 9.17) is 0 Å². The maximum atomic E-state index is 4.19. The van der Waals surface area contributed by atoms with Gasteiger partial charge in [-0.25, -0.2) is 0 Å². The average Bonchev–Trinajstić information content (AvgIpc) is 2.47. The van der Waals surface area contributed by atoms with Gasteiger partial charge in [0.25, 0.3) is 0 Å². The van der Waals surface area contributed by atoms with Crippen LogP contribution in [0.15, 0.2) is 42.7 Å². The van der Waals surface area contributed by atoms with Crippen molar-refractivity contribution in [1.29, 1.82) is 0 Å². The predicted octanol–water partition coefficient (Wildman–Crippen LogP) is 4.04. The van der Waals surface area contributed by atoms with Crippen LogP contribution < -0.4 is 5.32 Å². The van der Waals surface area contributed by atoms with Crippen LogP contribution in [0.25, 0.3) is 0 Å². The summed E-state index contributed by atoms with van der Waals surface area (Å²) >= 11 is 0. The molecule has 1 unspecified atom stereocenters. The summed E-state index contributed by atoms with van der Waals surface area (Å²) in [7, 11) is 0. The van der Waals surface area contributed by atoms with Gasteiger partial charge in [-0.1, -0.05) is 44.5 Å². The minimum Gasteiger partial charge on any atom is -0.307 e. The minimum absolute atomic E-state index is 0.249.